The maximum Gasteiger partial charge on any atom is 0.0711 e. The monoisotopic (exact) mass is 155 g/mol. The molecule has 0 aliphatic rings. The number of rotatable bonds is 3. The van der Waals surface area contributed by atoms with Gasteiger partial charge in [0.15, 0.2) is 0 Å². The van der Waals surface area contributed by atoms with Crippen LogP contribution in [-0.2, 0) is 11.9 Å². The molecule has 0 bridgehead atoms. The smallest absolute Gasteiger partial charge is 0.0711 e. The molecule has 0 amide bonds. The lowest BCUT2D eigenvalue weighted by Gasteiger charge is -2.11. The van der Waals surface area contributed by atoms with Gasteiger partial charge in [0.1, 0.15) is 0 Å². The molecule has 4 nitrogen and oxygen atoms in total. The third-order valence-corrected chi connectivity index (χ3v) is 1.60. The molecule has 0 aromatic carbocycles. The van der Waals surface area contributed by atoms with Gasteiger partial charge in [0, 0.05) is 13.2 Å². The predicted molar refractivity (Wildman–Crippen MR) is 41.8 cm³/mol. The molecule has 1 aromatic heterocycles. The van der Waals surface area contributed by atoms with E-state index in [9.17, 15) is 0 Å². The Labute approximate surface area is 66.1 Å². The molecule has 4 heteroatoms. The van der Waals surface area contributed by atoms with Crippen LogP contribution in [0.25, 0.3) is 0 Å². The number of hydrogen-bond acceptors (Lipinski definition) is 3. The molecule has 0 aliphatic carbocycles. The average Bonchev–Trinajstić information content (AvgIpc) is 2.36. The fourth-order valence-corrected chi connectivity index (χ4v) is 1.05. The summed E-state index contributed by atoms with van der Waals surface area (Å²) in [5.41, 5.74) is 3.93. The molecule has 0 aliphatic heterocycles. The van der Waals surface area contributed by atoms with E-state index in [-0.39, 0.29) is 6.04 Å². The highest BCUT2D eigenvalue weighted by molar-refractivity contribution is 5.04. The van der Waals surface area contributed by atoms with Gasteiger partial charge in [-0.25, -0.2) is 0 Å². The predicted octanol–water partition coefficient (Wildman–Crippen LogP) is 0.632. The summed E-state index contributed by atoms with van der Waals surface area (Å²) < 4.78 is 1.82. The first-order valence-electron chi connectivity index (χ1n) is 3.52. The molecule has 0 saturated heterocycles. The van der Waals surface area contributed by atoms with E-state index in [0.717, 1.165) is 5.69 Å². The molecule has 62 valence electrons. The summed E-state index contributed by atoms with van der Waals surface area (Å²) in [6.45, 7) is 2.01. The van der Waals surface area contributed by atoms with Crippen LogP contribution in [0, 0.1) is 0 Å². The van der Waals surface area contributed by atoms with E-state index in [1.807, 2.05) is 24.7 Å². The summed E-state index contributed by atoms with van der Waals surface area (Å²) in [6, 6.07) is 2.13. The van der Waals surface area contributed by atoms with E-state index in [0.29, 0.717) is 0 Å². The van der Waals surface area contributed by atoms with Gasteiger partial charge in [-0.1, -0.05) is 0 Å². The lowest BCUT2D eigenvalue weighted by molar-refractivity contribution is 0.0636. The van der Waals surface area contributed by atoms with Gasteiger partial charge in [0.2, 0.25) is 0 Å². The van der Waals surface area contributed by atoms with E-state index < -0.39 is 0 Å². The van der Waals surface area contributed by atoms with Gasteiger partial charge in [0.25, 0.3) is 0 Å². The number of nitrogens with one attached hydrogen (secondary N) is 1. The van der Waals surface area contributed by atoms with Crippen LogP contribution in [0.15, 0.2) is 12.3 Å². The lowest BCUT2D eigenvalue weighted by atomic mass is 10.2. The van der Waals surface area contributed by atoms with Crippen molar-refractivity contribution in [3.05, 3.63) is 18.0 Å². The summed E-state index contributed by atoms with van der Waals surface area (Å²) >= 11 is 0. The summed E-state index contributed by atoms with van der Waals surface area (Å²) in [6.07, 6.45) is 1.77. The minimum absolute atomic E-state index is 0.174. The molecule has 0 fully saturated rings. The zero-order chi connectivity index (χ0) is 8.27. The van der Waals surface area contributed by atoms with Crippen LogP contribution in [0.5, 0.6) is 0 Å². The molecule has 1 aromatic rings. The van der Waals surface area contributed by atoms with Gasteiger partial charge in [-0.05, 0) is 13.0 Å². The Kier molecular flexibility index (Phi) is 2.62. The molecule has 1 N–H and O–H groups in total. The molecule has 1 heterocycles. The normalized spacial score (nSPS) is 13.4. The van der Waals surface area contributed by atoms with Crippen LogP contribution in [-0.4, -0.2) is 16.9 Å². The van der Waals surface area contributed by atoms with Crippen molar-refractivity contribution in [2.24, 2.45) is 7.05 Å². The highest BCUT2D eigenvalue weighted by Crippen LogP contribution is 2.08. The fraction of sp³-hybridized carbons (Fsp3) is 0.571. The van der Waals surface area contributed by atoms with Crippen molar-refractivity contribution in [1.29, 1.82) is 0 Å². The quantitative estimate of drug-likeness (QED) is 0.651. The highest BCUT2D eigenvalue weighted by Gasteiger charge is 2.06. The Hall–Kier alpha value is -0.870. The highest BCUT2D eigenvalue weighted by atomic mass is 16.6. The number of aryl methyl sites for hydroxylation is 1. The fourth-order valence-electron chi connectivity index (χ4n) is 1.05. The van der Waals surface area contributed by atoms with Gasteiger partial charge < -0.3 is 4.84 Å². The van der Waals surface area contributed by atoms with Crippen LogP contribution in [0.4, 0.5) is 0 Å². The summed E-state index contributed by atoms with van der Waals surface area (Å²) in [7, 11) is 3.51. The van der Waals surface area contributed by atoms with Crippen molar-refractivity contribution in [3.63, 3.8) is 0 Å². The topological polar surface area (TPSA) is 39.1 Å². The Morgan fingerprint density at radius 1 is 1.73 bits per heavy atom. The summed E-state index contributed by atoms with van der Waals surface area (Å²) in [5, 5.41) is 4.04. The number of hydrogen-bond donors (Lipinski definition) is 1. The molecule has 0 radical (unpaired) electrons. The first kappa shape index (κ1) is 8.23. The second-order valence-corrected chi connectivity index (χ2v) is 2.42. The molecule has 11 heavy (non-hydrogen) atoms. The SMILES string of the molecule is CONC(C)c1ccnn1C. The van der Waals surface area contributed by atoms with Gasteiger partial charge >= 0.3 is 0 Å². The van der Waals surface area contributed by atoms with Gasteiger partial charge in [-0.15, -0.1) is 0 Å². The standard InChI is InChI=1S/C7H13N3O/c1-6(9-11-3)7-4-5-8-10(7)2/h4-6,9H,1-3H3. The molecule has 0 spiro atoms. The molecular formula is C7H13N3O. The molecule has 0 saturated carbocycles. The number of hydroxylamine groups is 1. The van der Waals surface area contributed by atoms with Gasteiger partial charge in [-0.3, -0.25) is 4.68 Å². The Bertz CT molecular complexity index is 221. The van der Waals surface area contributed by atoms with Crippen molar-refractivity contribution in [1.82, 2.24) is 15.3 Å². The summed E-state index contributed by atoms with van der Waals surface area (Å²) in [5.74, 6) is 0. The minimum Gasteiger partial charge on any atom is -0.304 e. The Balaban J connectivity index is 2.67. The zero-order valence-corrected chi connectivity index (χ0v) is 7.03. The van der Waals surface area contributed by atoms with Crippen molar-refractivity contribution in [2.45, 2.75) is 13.0 Å². The molecular weight excluding hydrogens is 142 g/mol. The second kappa shape index (κ2) is 3.50. The van der Waals surface area contributed by atoms with Crippen LogP contribution >= 0.6 is 0 Å². The third kappa shape index (κ3) is 1.78. The first-order valence-corrected chi connectivity index (χ1v) is 3.52. The third-order valence-electron chi connectivity index (χ3n) is 1.60. The molecule has 1 rings (SSSR count). The Morgan fingerprint density at radius 3 is 2.91 bits per heavy atom. The van der Waals surface area contributed by atoms with Crippen molar-refractivity contribution >= 4 is 0 Å². The maximum atomic E-state index is 4.79. The number of aromatic nitrogens is 2. The van der Waals surface area contributed by atoms with E-state index in [1.165, 1.54) is 0 Å². The summed E-state index contributed by atoms with van der Waals surface area (Å²) in [4.78, 5) is 4.79. The first-order chi connectivity index (χ1) is 5.25. The van der Waals surface area contributed by atoms with Crippen LogP contribution in [0.1, 0.15) is 18.7 Å². The van der Waals surface area contributed by atoms with E-state index >= 15 is 0 Å². The van der Waals surface area contributed by atoms with Crippen LogP contribution < -0.4 is 5.48 Å². The van der Waals surface area contributed by atoms with Crippen LogP contribution in [0.2, 0.25) is 0 Å². The minimum atomic E-state index is 0.174. The van der Waals surface area contributed by atoms with E-state index in [4.69, 9.17) is 4.84 Å². The van der Waals surface area contributed by atoms with Crippen molar-refractivity contribution < 1.29 is 4.84 Å². The average molecular weight is 155 g/mol. The zero-order valence-electron chi connectivity index (χ0n) is 7.03. The molecule has 1 atom stereocenters. The lowest BCUT2D eigenvalue weighted by Crippen LogP contribution is -2.19. The van der Waals surface area contributed by atoms with E-state index in [1.54, 1.807) is 13.3 Å². The Morgan fingerprint density at radius 2 is 2.45 bits per heavy atom. The van der Waals surface area contributed by atoms with E-state index in [2.05, 4.69) is 10.6 Å². The van der Waals surface area contributed by atoms with Crippen molar-refractivity contribution in [3.8, 4) is 0 Å². The van der Waals surface area contributed by atoms with Gasteiger partial charge in [0.05, 0.1) is 18.8 Å². The van der Waals surface area contributed by atoms with Crippen LogP contribution in [0.3, 0.4) is 0 Å². The molecule has 1 unspecified atom stereocenters. The largest absolute Gasteiger partial charge is 0.304 e. The maximum absolute atomic E-state index is 4.79. The van der Waals surface area contributed by atoms with Gasteiger partial charge in [-0.2, -0.15) is 10.6 Å². The number of nitrogens with zero attached hydrogens (tertiary/aromatic N) is 2. The van der Waals surface area contributed by atoms with Crippen molar-refractivity contribution in [2.75, 3.05) is 7.11 Å². The second-order valence-electron chi connectivity index (χ2n) is 2.42.